The van der Waals surface area contributed by atoms with Crippen LogP contribution in [0, 0.1) is 23.7 Å². The summed E-state index contributed by atoms with van der Waals surface area (Å²) < 4.78 is 12.1. The van der Waals surface area contributed by atoms with Crippen LogP contribution in [0.1, 0.15) is 111 Å². The molecule has 1 unspecified atom stereocenters. The first-order chi connectivity index (χ1) is 35.4. The second kappa shape index (κ2) is 31.2. The number of carbonyl (C=O) groups is 8. The van der Waals surface area contributed by atoms with Crippen LogP contribution in [0.5, 0.6) is 0 Å². The zero-order valence-corrected chi connectivity index (χ0v) is 46.5. The third-order valence-electron chi connectivity index (χ3n) is 14.1. The number of likely N-dealkylation sites (tertiary alicyclic amines) is 1. The number of anilines is 1. The van der Waals surface area contributed by atoms with E-state index in [4.69, 9.17) is 19.4 Å². The highest BCUT2D eigenvalue weighted by Gasteiger charge is 2.43. The molecule has 2 aromatic rings. The number of hydrogen-bond acceptors (Lipinski definition) is 12. The van der Waals surface area contributed by atoms with Crippen molar-refractivity contribution in [3.63, 3.8) is 0 Å². The van der Waals surface area contributed by atoms with E-state index in [9.17, 15) is 38.4 Å². The predicted molar refractivity (Wildman–Crippen MR) is 284 cm³/mol. The molecule has 0 radical (unpaired) electrons. The summed E-state index contributed by atoms with van der Waals surface area (Å²) in [5.74, 6) is -4.81. The molecule has 20 nitrogen and oxygen atoms in total. The van der Waals surface area contributed by atoms with E-state index >= 15 is 0 Å². The normalized spacial score (nSPS) is 17.2. The summed E-state index contributed by atoms with van der Waals surface area (Å²) in [5, 5.41) is 20.0. The Kier molecular flexibility index (Phi) is 26.3. The molecule has 0 aliphatic carbocycles. The zero-order chi connectivity index (χ0) is 56.1. The predicted octanol–water partition coefficient (Wildman–Crippen LogP) is 4.31. The maximum atomic E-state index is 14.5. The first-order valence-electron chi connectivity index (χ1n) is 26.2. The van der Waals surface area contributed by atoms with Crippen LogP contribution >= 0.6 is 0 Å². The molecule has 0 bridgehead atoms. The number of nitrogens with one attached hydrogen (secondary N) is 5. The number of hydrogen-bond donors (Lipinski definition) is 6. The van der Waals surface area contributed by atoms with Gasteiger partial charge in [0.1, 0.15) is 18.1 Å². The van der Waals surface area contributed by atoms with Gasteiger partial charge in [-0.25, -0.2) is 5.48 Å². The van der Waals surface area contributed by atoms with Crippen molar-refractivity contribution in [2.24, 2.45) is 23.7 Å². The topological polar surface area (TPSA) is 254 Å². The first-order valence-corrected chi connectivity index (χ1v) is 26.2. The summed E-state index contributed by atoms with van der Waals surface area (Å²) in [6, 6.07) is 11.6. The Morgan fingerprint density at radius 3 is 1.97 bits per heavy atom. The minimum Gasteiger partial charge on any atom is -0.481 e. The largest absolute Gasteiger partial charge is 0.481 e. The number of benzene rings is 2. The molecular weight excluding hydrogens is 965 g/mol. The Hall–Kier alpha value is -5.96. The van der Waals surface area contributed by atoms with Crippen LogP contribution in [0.2, 0.25) is 0 Å². The third kappa shape index (κ3) is 19.3. The monoisotopic (exact) mass is 1050 g/mol. The summed E-state index contributed by atoms with van der Waals surface area (Å²) in [6.07, 6.45) is 0.554. The molecule has 20 heteroatoms. The van der Waals surface area contributed by atoms with Crippen LogP contribution in [0.4, 0.5) is 5.69 Å². The number of carbonyl (C=O) groups excluding carboxylic acids is 7. The van der Waals surface area contributed by atoms with Crippen LogP contribution in [0.3, 0.4) is 0 Å². The van der Waals surface area contributed by atoms with E-state index in [1.807, 2.05) is 90.9 Å². The highest BCUT2D eigenvalue weighted by atomic mass is 16.7. The van der Waals surface area contributed by atoms with Crippen molar-refractivity contribution in [3.05, 3.63) is 65.7 Å². The molecule has 75 heavy (non-hydrogen) atoms. The highest BCUT2D eigenvalue weighted by Crippen LogP contribution is 2.30. The van der Waals surface area contributed by atoms with Crippen molar-refractivity contribution in [1.29, 1.82) is 0 Å². The number of hydroxylamine groups is 1. The molecule has 7 amide bonds. The molecule has 0 spiro atoms. The van der Waals surface area contributed by atoms with E-state index in [2.05, 4.69) is 26.7 Å². The molecule has 1 saturated heterocycles. The molecule has 1 fully saturated rings. The van der Waals surface area contributed by atoms with E-state index in [0.29, 0.717) is 37.1 Å². The number of amides is 7. The van der Waals surface area contributed by atoms with Gasteiger partial charge in [-0.15, -0.1) is 0 Å². The van der Waals surface area contributed by atoms with Gasteiger partial charge >= 0.3 is 5.97 Å². The number of ether oxygens (including phenoxy) is 2. The van der Waals surface area contributed by atoms with Crippen molar-refractivity contribution in [3.8, 4) is 0 Å². The average Bonchev–Trinajstić information content (AvgIpc) is 3.85. The number of carboxylic acid groups (broad SMARTS) is 1. The van der Waals surface area contributed by atoms with Gasteiger partial charge in [-0.1, -0.05) is 97.4 Å². The van der Waals surface area contributed by atoms with Gasteiger partial charge in [-0.05, 0) is 81.3 Å². The molecule has 418 valence electrons. The molecule has 2 aromatic carbocycles. The minimum atomic E-state index is -1.06. The lowest BCUT2D eigenvalue weighted by Gasteiger charge is -2.41. The average molecular weight is 1050 g/mol. The van der Waals surface area contributed by atoms with E-state index < -0.39 is 84.0 Å². The maximum Gasteiger partial charge on any atom is 0.303 e. The number of carboxylic acids is 1. The first kappa shape index (κ1) is 63.3. The van der Waals surface area contributed by atoms with Gasteiger partial charge < -0.3 is 45.6 Å². The van der Waals surface area contributed by atoms with Gasteiger partial charge in [0, 0.05) is 52.8 Å². The molecule has 0 saturated carbocycles. The Labute approximate surface area is 444 Å². The smallest absolute Gasteiger partial charge is 0.303 e. The lowest BCUT2D eigenvalue weighted by molar-refractivity contribution is -0.148. The number of nitrogens with zero attached hydrogens (tertiary/aromatic N) is 3. The Bertz CT molecular complexity index is 2170. The quantitative estimate of drug-likeness (QED) is 0.0577. The lowest BCUT2D eigenvalue weighted by atomic mass is 9.89. The molecule has 0 aromatic heterocycles. The molecule has 1 aliphatic heterocycles. The van der Waals surface area contributed by atoms with Gasteiger partial charge in [0.25, 0.3) is 5.91 Å². The van der Waals surface area contributed by atoms with Crippen LogP contribution in [0.25, 0.3) is 0 Å². The molecule has 3 rings (SSSR count). The summed E-state index contributed by atoms with van der Waals surface area (Å²) in [5.41, 5.74) is 4.36. The third-order valence-corrected chi connectivity index (χ3v) is 14.1. The molecule has 1 heterocycles. The zero-order valence-electron chi connectivity index (χ0n) is 46.5. The molecule has 6 N–H and O–H groups in total. The Balaban J connectivity index is 1.71. The van der Waals surface area contributed by atoms with Gasteiger partial charge in [0.2, 0.25) is 35.4 Å². The molecule has 10 atom stereocenters. The van der Waals surface area contributed by atoms with E-state index in [1.165, 1.54) is 21.1 Å². The van der Waals surface area contributed by atoms with Crippen molar-refractivity contribution in [2.75, 3.05) is 47.2 Å². The number of methoxy groups -OCH3 is 2. The number of likely N-dealkylation sites (N-methyl/N-ethyl adjacent to an activating group) is 2. The van der Waals surface area contributed by atoms with E-state index in [-0.39, 0.29) is 74.2 Å². The summed E-state index contributed by atoms with van der Waals surface area (Å²) >= 11 is 0. The second-order valence-electron chi connectivity index (χ2n) is 20.7. The summed E-state index contributed by atoms with van der Waals surface area (Å²) in [4.78, 5) is 117. The fourth-order valence-electron chi connectivity index (χ4n) is 9.75. The minimum absolute atomic E-state index is 0.00788. The second-order valence-corrected chi connectivity index (χ2v) is 20.7. The van der Waals surface area contributed by atoms with Gasteiger partial charge in [-0.2, -0.15) is 0 Å². The fourth-order valence-corrected chi connectivity index (χ4v) is 9.75. The van der Waals surface area contributed by atoms with Crippen LogP contribution in [-0.2, 0) is 65.7 Å². The van der Waals surface area contributed by atoms with Crippen LogP contribution in [-0.4, -0.2) is 157 Å². The van der Waals surface area contributed by atoms with Gasteiger partial charge in [0.15, 0.2) is 0 Å². The van der Waals surface area contributed by atoms with Crippen molar-refractivity contribution >= 4 is 53.0 Å². The molecule has 1 aliphatic rings. The fraction of sp³-hybridized carbons (Fsp3) is 0.636. The SMILES string of the molecule is CC[C@H](C)[C@@H]([C@@H](CC(=O)N1CCC[C@H]1[C@H](OC)[C@@H](C)C(=O)N[C@@H](Cc1ccccc1)C(=O)NOCc1ccc(NC(=O)[C@@H](C)NC(=O)CCCC(=O)O)cc1)OC)N(C)C(=O)[C@@H](NC(=O)C(C(C)C)N(C)C)C(C)C. The van der Waals surface area contributed by atoms with Crippen molar-refractivity contribution < 1.29 is 57.8 Å². The Morgan fingerprint density at radius 1 is 0.760 bits per heavy atom. The van der Waals surface area contributed by atoms with Crippen molar-refractivity contribution in [2.45, 2.75) is 162 Å². The van der Waals surface area contributed by atoms with Crippen molar-refractivity contribution in [1.82, 2.24) is 36.1 Å². The van der Waals surface area contributed by atoms with Crippen LogP contribution in [0.15, 0.2) is 54.6 Å². The number of rotatable bonds is 31. The van der Waals surface area contributed by atoms with Gasteiger partial charge in [0.05, 0.1) is 49.3 Å². The summed E-state index contributed by atoms with van der Waals surface area (Å²) in [7, 11) is 8.41. The van der Waals surface area contributed by atoms with Gasteiger partial charge in [-0.3, -0.25) is 48.1 Å². The lowest BCUT2D eigenvalue weighted by Crippen LogP contribution is -2.59. The number of aliphatic carboxylic acids is 1. The highest BCUT2D eigenvalue weighted by molar-refractivity contribution is 5.97. The molecular formula is C55H86N8O12. The Morgan fingerprint density at radius 2 is 1.41 bits per heavy atom. The van der Waals surface area contributed by atoms with E-state index in [0.717, 1.165) is 5.56 Å². The van der Waals surface area contributed by atoms with E-state index in [1.54, 1.807) is 48.0 Å². The maximum absolute atomic E-state index is 14.5. The van der Waals surface area contributed by atoms with Crippen LogP contribution < -0.4 is 26.7 Å². The summed E-state index contributed by atoms with van der Waals surface area (Å²) in [6.45, 7) is 15.3. The standard InChI is InChI=1S/C55H86N8O12/c1-14-35(6)49(62(11)55(72)47(33(2)3)59-54(71)48(34(4)5)61(9)10)43(73-12)31-45(65)63-29-19-22-42(63)50(74-13)36(7)51(68)58-41(30-38-20-16-15-17-21-38)53(70)60-75-32-39-25-27-40(28-26-39)57-52(69)37(8)56-44(64)23-18-24-46(66)67/h15-17,20-21,25-28,33-37,41-43,47-50H,14,18-19,22-24,29-32H2,1-13H3,(H,56,64)(H,57,69)(H,58,68)(H,59,71)(H,60,70)(H,66,67)/t35-,36+,37+,41-,42-,43+,47-,48?,49-,50+/m0/s1.